The molecule has 0 aliphatic carbocycles. The van der Waals surface area contributed by atoms with Gasteiger partial charge in [0, 0.05) is 37.1 Å². The summed E-state index contributed by atoms with van der Waals surface area (Å²) >= 11 is 1.64. The van der Waals surface area contributed by atoms with Crippen LogP contribution in [0.4, 0.5) is 0 Å². The van der Waals surface area contributed by atoms with Crippen molar-refractivity contribution in [3.8, 4) is 0 Å². The number of likely N-dealkylation sites (tertiary alicyclic amines) is 1. The molecule has 1 amide bonds. The number of nitrogens with zero attached hydrogens (tertiary/aromatic N) is 2. The number of rotatable bonds is 2. The number of ether oxygens (including phenoxy) is 1. The molecule has 0 saturated carbocycles. The van der Waals surface area contributed by atoms with Crippen LogP contribution < -0.4 is 0 Å². The SMILES string of the molecule is CCc1nc2ccc(C(=O)N3CCC4(CC3)OC(=O)c3ccccc34)cc2s1. The Morgan fingerprint density at radius 3 is 2.79 bits per heavy atom. The van der Waals surface area contributed by atoms with Gasteiger partial charge >= 0.3 is 5.97 Å². The summed E-state index contributed by atoms with van der Waals surface area (Å²) in [6, 6.07) is 13.3. The van der Waals surface area contributed by atoms with Gasteiger partial charge in [-0.1, -0.05) is 25.1 Å². The minimum absolute atomic E-state index is 0.0285. The van der Waals surface area contributed by atoms with Gasteiger partial charge in [-0.15, -0.1) is 11.3 Å². The number of esters is 1. The van der Waals surface area contributed by atoms with Crippen molar-refractivity contribution in [2.75, 3.05) is 13.1 Å². The molecule has 3 heterocycles. The molecule has 1 spiro atoms. The molecule has 3 aromatic rings. The van der Waals surface area contributed by atoms with Crippen LogP contribution in [0.5, 0.6) is 0 Å². The smallest absolute Gasteiger partial charge is 0.339 e. The lowest BCUT2D eigenvalue weighted by molar-refractivity contribution is -0.0389. The number of aryl methyl sites for hydroxylation is 1. The predicted octanol–water partition coefficient (Wildman–Crippen LogP) is 4.16. The topological polar surface area (TPSA) is 59.5 Å². The number of piperidine rings is 1. The first kappa shape index (κ1) is 17.4. The highest BCUT2D eigenvalue weighted by atomic mass is 32.1. The molecule has 0 atom stereocenters. The van der Waals surface area contributed by atoms with Gasteiger partial charge in [0.15, 0.2) is 0 Å². The molecule has 5 rings (SSSR count). The number of carbonyl (C=O) groups excluding carboxylic acids is 2. The van der Waals surface area contributed by atoms with E-state index < -0.39 is 5.60 Å². The maximum Gasteiger partial charge on any atom is 0.339 e. The molecular weight excluding hydrogens is 372 g/mol. The van der Waals surface area contributed by atoms with E-state index in [1.165, 1.54) is 0 Å². The highest BCUT2D eigenvalue weighted by molar-refractivity contribution is 7.18. The van der Waals surface area contributed by atoms with Crippen LogP contribution in [0.15, 0.2) is 42.5 Å². The second-order valence-electron chi connectivity index (χ2n) is 7.37. The molecule has 0 bridgehead atoms. The van der Waals surface area contributed by atoms with E-state index in [1.807, 2.05) is 47.4 Å². The molecule has 5 nitrogen and oxygen atoms in total. The van der Waals surface area contributed by atoms with Crippen LogP contribution in [0.25, 0.3) is 10.2 Å². The monoisotopic (exact) mass is 392 g/mol. The standard InChI is InChI=1S/C22H20N2O3S/c1-2-19-23-17-8-7-14(13-18(17)28-19)20(25)24-11-9-22(10-12-24)16-6-4-3-5-15(16)21(26)27-22/h3-8,13H,2,9-12H2,1H3. The van der Waals surface area contributed by atoms with Crippen LogP contribution in [-0.2, 0) is 16.8 Å². The van der Waals surface area contributed by atoms with Crippen molar-refractivity contribution in [3.05, 3.63) is 64.2 Å². The van der Waals surface area contributed by atoms with Crippen molar-refractivity contribution in [1.29, 1.82) is 0 Å². The van der Waals surface area contributed by atoms with Gasteiger partial charge in [0.25, 0.3) is 5.91 Å². The van der Waals surface area contributed by atoms with E-state index in [-0.39, 0.29) is 11.9 Å². The summed E-state index contributed by atoms with van der Waals surface area (Å²) in [7, 11) is 0. The Balaban J connectivity index is 1.36. The van der Waals surface area contributed by atoms with Gasteiger partial charge in [-0.05, 0) is 30.7 Å². The first-order chi connectivity index (χ1) is 13.6. The third kappa shape index (κ3) is 2.63. The van der Waals surface area contributed by atoms with Crippen molar-refractivity contribution in [2.45, 2.75) is 31.8 Å². The Morgan fingerprint density at radius 2 is 2.00 bits per heavy atom. The van der Waals surface area contributed by atoms with Gasteiger partial charge < -0.3 is 9.64 Å². The van der Waals surface area contributed by atoms with Crippen LogP contribution in [0.3, 0.4) is 0 Å². The molecular formula is C22H20N2O3S. The van der Waals surface area contributed by atoms with E-state index in [0.717, 1.165) is 27.2 Å². The van der Waals surface area contributed by atoms with E-state index in [4.69, 9.17) is 4.74 Å². The fourth-order valence-corrected chi connectivity index (χ4v) is 5.17. The second-order valence-corrected chi connectivity index (χ2v) is 8.48. The van der Waals surface area contributed by atoms with Crippen LogP contribution in [0.1, 0.15) is 51.1 Å². The number of hydrogen-bond donors (Lipinski definition) is 0. The van der Waals surface area contributed by atoms with Crippen molar-refractivity contribution in [1.82, 2.24) is 9.88 Å². The van der Waals surface area contributed by atoms with Gasteiger partial charge in [0.2, 0.25) is 0 Å². The van der Waals surface area contributed by atoms with Crippen molar-refractivity contribution in [2.24, 2.45) is 0 Å². The first-order valence-electron chi connectivity index (χ1n) is 9.61. The van der Waals surface area contributed by atoms with E-state index in [2.05, 4.69) is 11.9 Å². The molecule has 0 unspecified atom stereocenters. The van der Waals surface area contributed by atoms with Gasteiger partial charge in [-0.2, -0.15) is 0 Å². The minimum Gasteiger partial charge on any atom is -0.450 e. The summed E-state index contributed by atoms with van der Waals surface area (Å²) in [4.78, 5) is 31.7. The maximum atomic E-state index is 13.0. The Labute approximate surface area is 166 Å². The van der Waals surface area contributed by atoms with Gasteiger partial charge in [-0.3, -0.25) is 4.79 Å². The molecule has 28 heavy (non-hydrogen) atoms. The maximum absolute atomic E-state index is 13.0. The summed E-state index contributed by atoms with van der Waals surface area (Å²) < 4.78 is 6.83. The largest absolute Gasteiger partial charge is 0.450 e. The van der Waals surface area contributed by atoms with Crippen molar-refractivity contribution in [3.63, 3.8) is 0 Å². The average Bonchev–Trinajstić information content (AvgIpc) is 3.27. The van der Waals surface area contributed by atoms with E-state index >= 15 is 0 Å². The zero-order chi connectivity index (χ0) is 19.3. The van der Waals surface area contributed by atoms with Crippen molar-refractivity contribution >= 4 is 33.4 Å². The summed E-state index contributed by atoms with van der Waals surface area (Å²) in [6.07, 6.45) is 2.16. The number of thiazole rings is 1. The molecule has 2 aliphatic heterocycles. The Morgan fingerprint density at radius 1 is 1.21 bits per heavy atom. The molecule has 2 aromatic carbocycles. The fraction of sp³-hybridized carbons (Fsp3) is 0.318. The van der Waals surface area contributed by atoms with Gasteiger partial charge in [-0.25, -0.2) is 9.78 Å². The molecule has 1 saturated heterocycles. The number of aromatic nitrogens is 1. The molecule has 6 heteroatoms. The number of hydrogen-bond acceptors (Lipinski definition) is 5. The normalized spacial score (nSPS) is 17.8. The lowest BCUT2D eigenvalue weighted by Gasteiger charge is -2.38. The third-order valence-corrected chi connectivity index (χ3v) is 6.93. The number of fused-ring (bicyclic) bond motifs is 3. The Kier molecular flexibility index (Phi) is 3.98. The first-order valence-corrected chi connectivity index (χ1v) is 10.4. The summed E-state index contributed by atoms with van der Waals surface area (Å²) in [6.45, 7) is 3.23. The number of benzene rings is 2. The van der Waals surface area contributed by atoms with Crippen LogP contribution >= 0.6 is 11.3 Å². The number of carbonyl (C=O) groups is 2. The molecule has 0 N–H and O–H groups in total. The minimum atomic E-state index is -0.581. The van der Waals surface area contributed by atoms with Crippen molar-refractivity contribution < 1.29 is 14.3 Å². The Bertz CT molecular complexity index is 1100. The van der Waals surface area contributed by atoms with E-state index in [0.29, 0.717) is 37.1 Å². The molecule has 142 valence electrons. The molecule has 1 aromatic heterocycles. The molecule has 0 radical (unpaired) electrons. The zero-order valence-corrected chi connectivity index (χ0v) is 16.4. The third-order valence-electron chi connectivity index (χ3n) is 5.77. The number of amides is 1. The fourth-order valence-electron chi connectivity index (χ4n) is 4.23. The zero-order valence-electron chi connectivity index (χ0n) is 15.6. The summed E-state index contributed by atoms with van der Waals surface area (Å²) in [5.41, 5.74) is 2.68. The van der Waals surface area contributed by atoms with Gasteiger partial charge in [0.1, 0.15) is 5.60 Å². The van der Waals surface area contributed by atoms with Crippen LogP contribution in [-0.4, -0.2) is 34.8 Å². The molecule has 2 aliphatic rings. The average molecular weight is 392 g/mol. The second kappa shape index (κ2) is 6.41. The lowest BCUT2D eigenvalue weighted by Crippen LogP contribution is -2.45. The van der Waals surface area contributed by atoms with Crippen LogP contribution in [0, 0.1) is 0 Å². The van der Waals surface area contributed by atoms with Crippen LogP contribution in [0.2, 0.25) is 0 Å². The quantitative estimate of drug-likeness (QED) is 0.615. The highest BCUT2D eigenvalue weighted by Gasteiger charge is 2.47. The highest BCUT2D eigenvalue weighted by Crippen LogP contribution is 2.44. The summed E-state index contributed by atoms with van der Waals surface area (Å²) in [5, 5.41) is 1.08. The molecule has 1 fully saturated rings. The Hall–Kier alpha value is -2.73. The predicted molar refractivity (Wildman–Crippen MR) is 108 cm³/mol. The van der Waals surface area contributed by atoms with Gasteiger partial charge in [0.05, 0.1) is 20.8 Å². The lowest BCUT2D eigenvalue weighted by atomic mass is 9.83. The van der Waals surface area contributed by atoms with E-state index in [9.17, 15) is 9.59 Å². The summed E-state index contributed by atoms with van der Waals surface area (Å²) in [5.74, 6) is -0.224. The van der Waals surface area contributed by atoms with E-state index in [1.54, 1.807) is 11.3 Å².